The van der Waals surface area contributed by atoms with Crippen LogP contribution in [0.4, 0.5) is 18.9 Å². The minimum absolute atomic E-state index is 0.147. The third-order valence-electron chi connectivity index (χ3n) is 4.25. The van der Waals surface area contributed by atoms with Crippen LogP contribution in [-0.4, -0.2) is 43.5 Å². The Hall–Kier alpha value is -1.43. The van der Waals surface area contributed by atoms with Crippen molar-refractivity contribution in [2.75, 3.05) is 31.1 Å². The Labute approximate surface area is 122 Å². The maximum Gasteiger partial charge on any atom is 0.573 e. The summed E-state index contributed by atoms with van der Waals surface area (Å²) in [6.45, 7) is 3.87. The molecule has 2 aliphatic rings. The Morgan fingerprint density at radius 3 is 2.76 bits per heavy atom. The first-order chi connectivity index (χ1) is 10.0. The molecular formula is C15H19F3N2O. The molecule has 2 fully saturated rings. The van der Waals surface area contributed by atoms with Gasteiger partial charge in [0.2, 0.25) is 0 Å². The molecule has 2 heterocycles. The highest BCUT2D eigenvalue weighted by molar-refractivity contribution is 5.51. The van der Waals surface area contributed by atoms with E-state index < -0.39 is 6.36 Å². The van der Waals surface area contributed by atoms with Gasteiger partial charge in [-0.3, -0.25) is 4.90 Å². The van der Waals surface area contributed by atoms with E-state index in [2.05, 4.69) is 14.5 Å². The van der Waals surface area contributed by atoms with Crippen LogP contribution in [0.1, 0.15) is 19.3 Å². The number of fused-ring (bicyclic) bond motifs is 1. The maximum absolute atomic E-state index is 12.3. The predicted molar refractivity (Wildman–Crippen MR) is 74.6 cm³/mol. The van der Waals surface area contributed by atoms with Crippen LogP contribution in [0.3, 0.4) is 0 Å². The van der Waals surface area contributed by atoms with Gasteiger partial charge in [0.15, 0.2) is 0 Å². The molecule has 0 bridgehead atoms. The van der Waals surface area contributed by atoms with Gasteiger partial charge in [-0.2, -0.15) is 0 Å². The minimum atomic E-state index is -4.64. The third-order valence-corrected chi connectivity index (χ3v) is 4.25. The molecule has 1 aromatic carbocycles. The fourth-order valence-corrected chi connectivity index (χ4v) is 3.27. The van der Waals surface area contributed by atoms with Gasteiger partial charge >= 0.3 is 6.36 Å². The number of alkyl halides is 3. The first-order valence-electron chi connectivity index (χ1n) is 7.36. The molecule has 0 aliphatic carbocycles. The monoisotopic (exact) mass is 300 g/mol. The number of anilines is 1. The number of halogens is 3. The molecule has 3 nitrogen and oxygen atoms in total. The lowest BCUT2D eigenvalue weighted by atomic mass is 9.99. The summed E-state index contributed by atoms with van der Waals surface area (Å²) < 4.78 is 40.9. The Morgan fingerprint density at radius 2 is 1.95 bits per heavy atom. The van der Waals surface area contributed by atoms with E-state index in [9.17, 15) is 13.2 Å². The lowest BCUT2D eigenvalue weighted by Gasteiger charge is -2.45. The zero-order valence-corrected chi connectivity index (χ0v) is 11.8. The third kappa shape index (κ3) is 3.61. The van der Waals surface area contributed by atoms with Gasteiger partial charge in [-0.1, -0.05) is 12.5 Å². The number of hydrogen-bond acceptors (Lipinski definition) is 3. The van der Waals surface area contributed by atoms with Crippen molar-refractivity contribution in [1.29, 1.82) is 0 Å². The van der Waals surface area contributed by atoms with Crippen molar-refractivity contribution in [3.63, 3.8) is 0 Å². The van der Waals surface area contributed by atoms with Gasteiger partial charge in [0.05, 0.1) is 0 Å². The van der Waals surface area contributed by atoms with Crippen molar-refractivity contribution in [2.45, 2.75) is 31.7 Å². The van der Waals surface area contributed by atoms with Crippen molar-refractivity contribution >= 4 is 5.69 Å². The molecular weight excluding hydrogens is 281 g/mol. The molecule has 1 aromatic rings. The Kier molecular flexibility index (Phi) is 3.97. The molecule has 1 unspecified atom stereocenters. The van der Waals surface area contributed by atoms with Crippen molar-refractivity contribution < 1.29 is 17.9 Å². The van der Waals surface area contributed by atoms with Gasteiger partial charge in [-0.05, 0) is 31.5 Å². The van der Waals surface area contributed by atoms with Crippen molar-refractivity contribution in [1.82, 2.24) is 4.90 Å². The molecule has 6 heteroatoms. The summed E-state index contributed by atoms with van der Waals surface area (Å²) in [5, 5.41) is 0. The Balaban J connectivity index is 1.70. The van der Waals surface area contributed by atoms with Crippen LogP contribution in [-0.2, 0) is 0 Å². The van der Waals surface area contributed by atoms with E-state index in [0.717, 1.165) is 31.9 Å². The molecule has 0 radical (unpaired) electrons. The average molecular weight is 300 g/mol. The Bertz CT molecular complexity index is 492. The van der Waals surface area contributed by atoms with Crippen LogP contribution in [0, 0.1) is 0 Å². The van der Waals surface area contributed by atoms with Gasteiger partial charge < -0.3 is 9.64 Å². The van der Waals surface area contributed by atoms with Crippen LogP contribution < -0.4 is 9.64 Å². The highest BCUT2D eigenvalue weighted by Crippen LogP contribution is 2.29. The fourth-order valence-electron chi connectivity index (χ4n) is 3.27. The summed E-state index contributed by atoms with van der Waals surface area (Å²) in [6, 6.07) is 6.81. The van der Waals surface area contributed by atoms with Gasteiger partial charge in [-0.15, -0.1) is 13.2 Å². The van der Waals surface area contributed by atoms with Crippen LogP contribution >= 0.6 is 0 Å². The average Bonchev–Trinajstić information content (AvgIpc) is 2.45. The number of rotatable bonds is 2. The first kappa shape index (κ1) is 14.5. The molecule has 116 valence electrons. The topological polar surface area (TPSA) is 15.7 Å². The molecule has 2 aliphatic heterocycles. The summed E-state index contributed by atoms with van der Waals surface area (Å²) in [4.78, 5) is 4.66. The second-order valence-electron chi connectivity index (χ2n) is 5.68. The van der Waals surface area contributed by atoms with E-state index in [0.29, 0.717) is 6.04 Å². The van der Waals surface area contributed by atoms with Gasteiger partial charge in [0.1, 0.15) is 5.75 Å². The highest BCUT2D eigenvalue weighted by atomic mass is 19.4. The molecule has 0 amide bonds. The van der Waals surface area contributed by atoms with Crippen LogP contribution in [0.2, 0.25) is 0 Å². The number of piperazine rings is 1. The van der Waals surface area contributed by atoms with E-state index in [1.807, 2.05) is 6.07 Å². The van der Waals surface area contributed by atoms with E-state index >= 15 is 0 Å². The van der Waals surface area contributed by atoms with E-state index in [1.54, 1.807) is 6.07 Å². The summed E-state index contributed by atoms with van der Waals surface area (Å²) >= 11 is 0. The summed E-state index contributed by atoms with van der Waals surface area (Å²) in [5.41, 5.74) is 0.807. The van der Waals surface area contributed by atoms with Crippen LogP contribution in [0.5, 0.6) is 5.75 Å². The van der Waals surface area contributed by atoms with Crippen LogP contribution in [0.25, 0.3) is 0 Å². The summed E-state index contributed by atoms with van der Waals surface area (Å²) in [6.07, 6.45) is -0.965. The normalized spacial score (nSPS) is 23.8. The molecule has 0 saturated carbocycles. The minimum Gasteiger partial charge on any atom is -0.406 e. The molecule has 0 aromatic heterocycles. The zero-order valence-electron chi connectivity index (χ0n) is 11.8. The van der Waals surface area contributed by atoms with Crippen molar-refractivity contribution in [3.8, 4) is 5.75 Å². The van der Waals surface area contributed by atoms with Crippen LogP contribution in [0.15, 0.2) is 24.3 Å². The lowest BCUT2D eigenvalue weighted by Crippen LogP contribution is -2.54. The smallest absolute Gasteiger partial charge is 0.406 e. The second-order valence-corrected chi connectivity index (χ2v) is 5.68. The molecule has 21 heavy (non-hydrogen) atoms. The number of piperidine rings is 1. The Morgan fingerprint density at radius 1 is 1.10 bits per heavy atom. The van der Waals surface area contributed by atoms with Gasteiger partial charge in [0.25, 0.3) is 0 Å². The lowest BCUT2D eigenvalue weighted by molar-refractivity contribution is -0.274. The first-order valence-corrected chi connectivity index (χ1v) is 7.36. The van der Waals surface area contributed by atoms with E-state index in [1.165, 1.54) is 31.4 Å². The second kappa shape index (κ2) is 5.75. The largest absolute Gasteiger partial charge is 0.573 e. The highest BCUT2D eigenvalue weighted by Gasteiger charge is 2.32. The van der Waals surface area contributed by atoms with Gasteiger partial charge in [-0.25, -0.2) is 0 Å². The number of ether oxygens (including phenoxy) is 1. The molecule has 0 spiro atoms. The van der Waals surface area contributed by atoms with Crippen molar-refractivity contribution in [3.05, 3.63) is 24.3 Å². The summed E-state index contributed by atoms with van der Waals surface area (Å²) in [5.74, 6) is -0.147. The number of benzene rings is 1. The molecule has 1 atom stereocenters. The number of hydrogen-bond donors (Lipinski definition) is 0. The fraction of sp³-hybridized carbons (Fsp3) is 0.600. The van der Waals surface area contributed by atoms with E-state index in [-0.39, 0.29) is 5.75 Å². The zero-order chi connectivity index (χ0) is 14.9. The van der Waals surface area contributed by atoms with E-state index in [4.69, 9.17) is 0 Å². The predicted octanol–water partition coefficient (Wildman–Crippen LogP) is 3.26. The molecule has 0 N–H and O–H groups in total. The molecule has 3 rings (SSSR count). The number of nitrogens with zero attached hydrogens (tertiary/aromatic N) is 2. The standard InChI is InChI=1S/C15H19F3N2O/c16-15(17,18)21-14-6-3-5-12(10-14)20-9-8-19-7-2-1-4-13(19)11-20/h3,5-6,10,13H,1-2,4,7-9,11H2. The quantitative estimate of drug-likeness (QED) is 0.834. The van der Waals surface area contributed by atoms with Gasteiger partial charge in [0, 0.05) is 37.4 Å². The SMILES string of the molecule is FC(F)(F)Oc1cccc(N2CCN3CCCCC3C2)c1. The summed E-state index contributed by atoms with van der Waals surface area (Å²) in [7, 11) is 0. The maximum atomic E-state index is 12.3. The molecule has 2 saturated heterocycles. The van der Waals surface area contributed by atoms with Crippen molar-refractivity contribution in [2.24, 2.45) is 0 Å².